The number of esters is 5. The Balaban J connectivity index is 3.73. The predicted molar refractivity (Wildman–Crippen MR) is 131 cm³/mol. The fourth-order valence-corrected chi connectivity index (χ4v) is 3.13. The van der Waals surface area contributed by atoms with Gasteiger partial charge in [-0.05, 0) is 0 Å². The molecular formula is C25H35NO15. The van der Waals surface area contributed by atoms with Gasteiger partial charge < -0.3 is 33.3 Å². The van der Waals surface area contributed by atoms with Crippen LogP contribution in [0.5, 0.6) is 0 Å². The number of carbonyl (C=O) groups is 8. The molecule has 0 aromatic rings. The van der Waals surface area contributed by atoms with E-state index in [9.17, 15) is 38.4 Å². The van der Waals surface area contributed by atoms with E-state index in [1.807, 2.05) is 0 Å². The lowest BCUT2D eigenvalue weighted by molar-refractivity contribution is -0.223. The van der Waals surface area contributed by atoms with E-state index in [4.69, 9.17) is 33.3 Å². The number of ether oxygens (including phenoxy) is 6. The second-order valence-corrected chi connectivity index (χ2v) is 8.30. The van der Waals surface area contributed by atoms with Crippen molar-refractivity contribution in [1.29, 1.82) is 0 Å². The minimum absolute atomic E-state index is 0.0746. The van der Waals surface area contributed by atoms with E-state index < -0.39 is 72.0 Å². The molecule has 0 N–H and O–H groups in total. The molecule has 41 heavy (non-hydrogen) atoms. The van der Waals surface area contributed by atoms with Crippen molar-refractivity contribution in [3.05, 3.63) is 0 Å². The SMILES string of the molecule is CCC(=O)OC(C(=O)OCCOC)C(OC(=O)CC)C(OC(=O)CC)C(OC(=O)CC)C(=O)ON1C(=O)CCC1=O. The molecule has 1 saturated heterocycles. The highest BCUT2D eigenvalue weighted by Crippen LogP contribution is 2.24. The van der Waals surface area contributed by atoms with Gasteiger partial charge in [0.2, 0.25) is 12.2 Å². The van der Waals surface area contributed by atoms with E-state index in [1.165, 1.54) is 34.8 Å². The van der Waals surface area contributed by atoms with E-state index in [-0.39, 0.29) is 56.8 Å². The van der Waals surface area contributed by atoms with Crippen LogP contribution in [0.3, 0.4) is 0 Å². The van der Waals surface area contributed by atoms with Gasteiger partial charge in [-0.25, -0.2) is 9.59 Å². The summed E-state index contributed by atoms with van der Waals surface area (Å²) in [5, 5.41) is 0.147. The third-order valence-corrected chi connectivity index (χ3v) is 5.31. The van der Waals surface area contributed by atoms with Gasteiger partial charge in [-0.3, -0.25) is 28.8 Å². The maximum absolute atomic E-state index is 13.3. The zero-order valence-electron chi connectivity index (χ0n) is 23.5. The van der Waals surface area contributed by atoms with Gasteiger partial charge in [0, 0.05) is 45.6 Å². The molecule has 1 rings (SSSR count). The highest BCUT2D eigenvalue weighted by molar-refractivity contribution is 6.01. The van der Waals surface area contributed by atoms with Crippen LogP contribution < -0.4 is 0 Å². The summed E-state index contributed by atoms with van der Waals surface area (Å²) in [5.74, 6) is -8.69. The van der Waals surface area contributed by atoms with Crippen molar-refractivity contribution in [1.82, 2.24) is 5.06 Å². The Kier molecular flexibility index (Phi) is 15.0. The fraction of sp³-hybridized carbons (Fsp3) is 0.680. The van der Waals surface area contributed by atoms with E-state index in [2.05, 4.69) is 0 Å². The van der Waals surface area contributed by atoms with E-state index in [0.717, 1.165) is 0 Å². The molecule has 16 nitrogen and oxygen atoms in total. The summed E-state index contributed by atoms with van der Waals surface area (Å²) in [5.41, 5.74) is 0. The number of hydrogen-bond acceptors (Lipinski definition) is 15. The zero-order valence-corrected chi connectivity index (χ0v) is 23.5. The molecule has 0 radical (unpaired) electrons. The van der Waals surface area contributed by atoms with Crippen LogP contribution >= 0.6 is 0 Å². The first-order valence-electron chi connectivity index (χ1n) is 12.9. The Morgan fingerprint density at radius 2 is 1.02 bits per heavy atom. The van der Waals surface area contributed by atoms with Crippen molar-refractivity contribution in [3.8, 4) is 0 Å². The molecule has 0 aliphatic carbocycles. The van der Waals surface area contributed by atoms with Crippen LogP contribution in [0.15, 0.2) is 0 Å². The molecule has 1 heterocycles. The van der Waals surface area contributed by atoms with Crippen molar-refractivity contribution >= 4 is 47.6 Å². The molecule has 16 heteroatoms. The normalized spacial score (nSPS) is 15.7. The summed E-state index contributed by atoms with van der Waals surface area (Å²) >= 11 is 0. The summed E-state index contributed by atoms with van der Waals surface area (Å²) in [4.78, 5) is 105. The Labute approximate surface area is 235 Å². The van der Waals surface area contributed by atoms with Crippen LogP contribution in [0.25, 0.3) is 0 Å². The van der Waals surface area contributed by atoms with Crippen LogP contribution in [0.1, 0.15) is 66.2 Å². The van der Waals surface area contributed by atoms with Crippen LogP contribution in [0, 0.1) is 0 Å². The maximum Gasteiger partial charge on any atom is 0.377 e. The third-order valence-electron chi connectivity index (χ3n) is 5.31. The Morgan fingerprint density at radius 1 is 0.634 bits per heavy atom. The van der Waals surface area contributed by atoms with Gasteiger partial charge in [0.05, 0.1) is 6.61 Å². The first-order chi connectivity index (χ1) is 19.4. The van der Waals surface area contributed by atoms with Crippen molar-refractivity contribution in [2.24, 2.45) is 0 Å². The summed E-state index contributed by atoms with van der Waals surface area (Å²) in [6.45, 7) is 5.09. The maximum atomic E-state index is 13.3. The van der Waals surface area contributed by atoms with Gasteiger partial charge in [0.1, 0.15) is 6.61 Å². The predicted octanol–water partition coefficient (Wildman–Crippen LogP) is 0.0704. The molecule has 230 valence electrons. The summed E-state index contributed by atoms with van der Waals surface area (Å²) in [6, 6.07) is 0. The molecule has 0 spiro atoms. The smallest absolute Gasteiger partial charge is 0.377 e. The number of hydrogen-bond donors (Lipinski definition) is 0. The monoisotopic (exact) mass is 589 g/mol. The van der Waals surface area contributed by atoms with Gasteiger partial charge in [0.25, 0.3) is 11.8 Å². The van der Waals surface area contributed by atoms with Gasteiger partial charge in [-0.2, -0.15) is 0 Å². The average Bonchev–Trinajstić information content (AvgIpc) is 3.27. The molecule has 1 aliphatic rings. The lowest BCUT2D eigenvalue weighted by atomic mass is 10.0. The number of hydroxylamine groups is 2. The molecule has 4 unspecified atom stereocenters. The van der Waals surface area contributed by atoms with Crippen LogP contribution in [-0.4, -0.2) is 97.4 Å². The Hall–Kier alpha value is -4.08. The van der Waals surface area contributed by atoms with Crippen molar-refractivity contribution in [3.63, 3.8) is 0 Å². The topological polar surface area (TPSA) is 204 Å². The zero-order chi connectivity index (χ0) is 31.1. The number of imide groups is 1. The number of methoxy groups -OCH3 is 1. The van der Waals surface area contributed by atoms with Crippen molar-refractivity contribution in [2.75, 3.05) is 20.3 Å². The van der Waals surface area contributed by atoms with Crippen LogP contribution in [-0.2, 0) is 71.6 Å². The van der Waals surface area contributed by atoms with Gasteiger partial charge >= 0.3 is 35.8 Å². The molecule has 0 aromatic carbocycles. The number of carbonyl (C=O) groups excluding carboxylic acids is 8. The van der Waals surface area contributed by atoms with Gasteiger partial charge in [-0.15, -0.1) is 5.06 Å². The Bertz CT molecular complexity index is 977. The summed E-state index contributed by atoms with van der Waals surface area (Å²) < 4.78 is 30.9. The van der Waals surface area contributed by atoms with Gasteiger partial charge in [0.15, 0.2) is 12.2 Å². The van der Waals surface area contributed by atoms with Crippen molar-refractivity contribution in [2.45, 2.75) is 90.6 Å². The fourth-order valence-electron chi connectivity index (χ4n) is 3.13. The molecule has 2 amide bonds. The molecule has 0 aromatic heterocycles. The van der Waals surface area contributed by atoms with Crippen LogP contribution in [0.2, 0.25) is 0 Å². The third kappa shape index (κ3) is 10.8. The number of amides is 2. The second kappa shape index (κ2) is 17.6. The summed E-state index contributed by atoms with van der Waals surface area (Å²) in [7, 11) is 1.32. The number of nitrogens with zero attached hydrogens (tertiary/aromatic N) is 1. The molecule has 4 atom stereocenters. The Morgan fingerprint density at radius 3 is 1.41 bits per heavy atom. The van der Waals surface area contributed by atoms with Gasteiger partial charge in [-0.1, -0.05) is 27.7 Å². The average molecular weight is 590 g/mol. The molecule has 0 bridgehead atoms. The standard InChI is InChI=1S/C25H35NO15/c1-6-16(29)37-20(22(39-18(31)8-3)24(33)36-13-12-35-5)21(38-17(30)7-2)23(40-19(32)9-4)25(34)41-26-14(27)10-11-15(26)28/h20-23H,6-13H2,1-5H3. The second-order valence-electron chi connectivity index (χ2n) is 8.30. The first-order valence-corrected chi connectivity index (χ1v) is 12.9. The molecular weight excluding hydrogens is 554 g/mol. The minimum atomic E-state index is -2.32. The minimum Gasteiger partial charge on any atom is -0.460 e. The highest BCUT2D eigenvalue weighted by Gasteiger charge is 2.52. The molecule has 1 fully saturated rings. The van der Waals surface area contributed by atoms with E-state index in [1.54, 1.807) is 0 Å². The van der Waals surface area contributed by atoms with E-state index >= 15 is 0 Å². The van der Waals surface area contributed by atoms with E-state index in [0.29, 0.717) is 0 Å². The molecule has 0 saturated carbocycles. The molecule has 1 aliphatic heterocycles. The lowest BCUT2D eigenvalue weighted by Gasteiger charge is -2.34. The highest BCUT2D eigenvalue weighted by atomic mass is 16.7. The largest absolute Gasteiger partial charge is 0.460 e. The lowest BCUT2D eigenvalue weighted by Crippen LogP contribution is -2.57. The summed E-state index contributed by atoms with van der Waals surface area (Å²) in [6.07, 6.45) is -10.5. The van der Waals surface area contributed by atoms with Crippen molar-refractivity contribution < 1.29 is 71.6 Å². The number of rotatable bonds is 17. The quantitative estimate of drug-likeness (QED) is 0.0952. The van der Waals surface area contributed by atoms with Crippen LogP contribution in [0.4, 0.5) is 0 Å². The first kappa shape index (κ1) is 34.9.